The van der Waals surface area contributed by atoms with Crippen molar-refractivity contribution >= 4 is 11.4 Å². The van der Waals surface area contributed by atoms with Crippen LogP contribution in [0.25, 0.3) is 5.65 Å². The van der Waals surface area contributed by atoms with E-state index in [1.54, 1.807) is 4.52 Å². The molecule has 0 N–H and O–H groups in total. The summed E-state index contributed by atoms with van der Waals surface area (Å²) in [4.78, 5) is 16.6. The number of carbonyl (C=O) groups is 1. The molecule has 0 saturated carbocycles. The number of rotatable bonds is 0. The number of aryl methyl sites for hydroxylation is 1. The van der Waals surface area contributed by atoms with Crippen LogP contribution < -0.4 is 0 Å². The predicted octanol–water partition coefficient (Wildman–Crippen LogP) is 2.19. The highest BCUT2D eigenvalue weighted by Gasteiger charge is 2.32. The van der Waals surface area contributed by atoms with Crippen LogP contribution in [-0.4, -0.2) is 20.4 Å². The van der Waals surface area contributed by atoms with Crippen LogP contribution in [0.15, 0.2) is 12.3 Å². The lowest BCUT2D eigenvalue weighted by Gasteiger charge is -2.29. The molecule has 0 fully saturated rings. The third kappa shape index (κ3) is 1.64. The molecule has 1 aliphatic carbocycles. The van der Waals surface area contributed by atoms with Crippen LogP contribution in [0.4, 0.5) is 0 Å². The maximum Gasteiger partial charge on any atom is 0.166 e. The van der Waals surface area contributed by atoms with Crippen molar-refractivity contribution < 1.29 is 4.79 Å². The van der Waals surface area contributed by atoms with Crippen molar-refractivity contribution in [1.82, 2.24) is 14.6 Å². The summed E-state index contributed by atoms with van der Waals surface area (Å²) in [6, 6.07) is 1.94. The number of nitrogens with zero attached hydrogens (tertiary/aromatic N) is 3. The molecule has 1 aliphatic rings. The van der Waals surface area contributed by atoms with E-state index >= 15 is 0 Å². The van der Waals surface area contributed by atoms with E-state index in [-0.39, 0.29) is 11.2 Å². The molecule has 0 unspecified atom stereocenters. The van der Waals surface area contributed by atoms with E-state index in [4.69, 9.17) is 0 Å². The van der Waals surface area contributed by atoms with Gasteiger partial charge in [-0.1, -0.05) is 13.8 Å². The highest BCUT2D eigenvalue weighted by Crippen LogP contribution is 2.33. The Hall–Kier alpha value is -1.71. The van der Waals surface area contributed by atoms with Crippen LogP contribution in [-0.2, 0) is 6.42 Å². The molecule has 2 heterocycles. The number of hydrogen-bond donors (Lipinski definition) is 0. The van der Waals surface area contributed by atoms with Crippen molar-refractivity contribution in [3.63, 3.8) is 0 Å². The molecule has 4 heteroatoms. The lowest BCUT2D eigenvalue weighted by Crippen LogP contribution is -2.28. The summed E-state index contributed by atoms with van der Waals surface area (Å²) in [6.45, 7) is 6.15. The van der Waals surface area contributed by atoms with E-state index in [0.29, 0.717) is 6.42 Å². The summed E-state index contributed by atoms with van der Waals surface area (Å²) < 4.78 is 1.70. The number of Topliss-reactive ketones (excluding diaryl/α,β-unsaturated/α-hetero) is 1. The Morgan fingerprint density at radius 2 is 2.12 bits per heavy atom. The number of hydrogen-bond acceptors (Lipinski definition) is 3. The summed E-state index contributed by atoms with van der Waals surface area (Å²) in [5.41, 5.74) is 3.42. The second kappa shape index (κ2) is 3.15. The molecule has 3 rings (SSSR count). The first-order valence-electron chi connectivity index (χ1n) is 5.84. The lowest BCUT2D eigenvalue weighted by atomic mass is 9.76. The molecule has 2 aromatic rings. The molecular formula is C13H15N3O. The Bertz CT molecular complexity index is 625. The summed E-state index contributed by atoms with van der Waals surface area (Å²) in [7, 11) is 0. The standard InChI is InChI=1S/C13H15N3O/c1-8-4-12-14-10-5-13(2,3)6-11(17)9(10)7-16(12)15-8/h4,7H,5-6H2,1-3H3. The first-order chi connectivity index (χ1) is 7.94. The average molecular weight is 229 g/mol. The van der Waals surface area contributed by atoms with Crippen molar-refractivity contribution in [2.75, 3.05) is 0 Å². The molecule has 2 aromatic heterocycles. The number of carbonyl (C=O) groups excluding carboxylic acids is 1. The molecule has 0 atom stereocenters. The second-order valence-corrected chi connectivity index (χ2v) is 5.63. The third-order valence-electron chi connectivity index (χ3n) is 3.24. The van der Waals surface area contributed by atoms with Crippen LogP contribution in [0.5, 0.6) is 0 Å². The summed E-state index contributed by atoms with van der Waals surface area (Å²) >= 11 is 0. The van der Waals surface area contributed by atoms with Gasteiger partial charge in [-0.15, -0.1) is 0 Å². The molecule has 88 valence electrons. The topological polar surface area (TPSA) is 47.3 Å². The molecule has 17 heavy (non-hydrogen) atoms. The van der Waals surface area contributed by atoms with Gasteiger partial charge < -0.3 is 0 Å². The molecule has 0 aromatic carbocycles. The van der Waals surface area contributed by atoms with Gasteiger partial charge in [0.1, 0.15) is 0 Å². The fraction of sp³-hybridized carbons (Fsp3) is 0.462. The van der Waals surface area contributed by atoms with Crippen LogP contribution >= 0.6 is 0 Å². The fourth-order valence-electron chi connectivity index (χ4n) is 2.49. The van der Waals surface area contributed by atoms with Crippen LogP contribution in [0.2, 0.25) is 0 Å². The fourth-order valence-corrected chi connectivity index (χ4v) is 2.49. The first-order valence-corrected chi connectivity index (χ1v) is 5.84. The highest BCUT2D eigenvalue weighted by atomic mass is 16.1. The van der Waals surface area contributed by atoms with Gasteiger partial charge in [0, 0.05) is 18.7 Å². The maximum atomic E-state index is 12.1. The SMILES string of the molecule is Cc1cc2nc3c(cn2n1)C(=O)CC(C)(C)C3. The van der Waals surface area contributed by atoms with E-state index in [1.807, 2.05) is 19.2 Å². The maximum absolute atomic E-state index is 12.1. The van der Waals surface area contributed by atoms with E-state index in [1.165, 1.54) is 0 Å². The van der Waals surface area contributed by atoms with Crippen molar-refractivity contribution in [3.8, 4) is 0 Å². The minimum atomic E-state index is 0.0183. The van der Waals surface area contributed by atoms with Crippen molar-refractivity contribution in [3.05, 3.63) is 29.2 Å². The van der Waals surface area contributed by atoms with Gasteiger partial charge in [0.15, 0.2) is 11.4 Å². The normalized spacial score (nSPS) is 18.4. The molecule has 0 spiro atoms. The van der Waals surface area contributed by atoms with Crippen LogP contribution in [0.3, 0.4) is 0 Å². The van der Waals surface area contributed by atoms with Gasteiger partial charge in [0.2, 0.25) is 0 Å². The molecule has 0 amide bonds. The molecule has 0 aliphatic heterocycles. The molecule has 0 saturated heterocycles. The molecular weight excluding hydrogens is 214 g/mol. The number of fused-ring (bicyclic) bond motifs is 2. The van der Waals surface area contributed by atoms with Gasteiger partial charge in [-0.3, -0.25) is 4.79 Å². The summed E-state index contributed by atoms with van der Waals surface area (Å²) in [6.07, 6.45) is 3.27. The Morgan fingerprint density at radius 1 is 1.35 bits per heavy atom. The van der Waals surface area contributed by atoms with Crippen LogP contribution in [0, 0.1) is 12.3 Å². The number of aromatic nitrogens is 3. The van der Waals surface area contributed by atoms with Gasteiger partial charge in [-0.05, 0) is 18.8 Å². The highest BCUT2D eigenvalue weighted by molar-refractivity contribution is 5.98. The van der Waals surface area contributed by atoms with Gasteiger partial charge in [-0.25, -0.2) is 9.50 Å². The zero-order valence-electron chi connectivity index (χ0n) is 10.3. The Kier molecular flexibility index (Phi) is 1.94. The molecule has 0 radical (unpaired) electrons. The minimum absolute atomic E-state index is 0.0183. The second-order valence-electron chi connectivity index (χ2n) is 5.63. The van der Waals surface area contributed by atoms with Crippen molar-refractivity contribution in [2.45, 2.75) is 33.6 Å². The third-order valence-corrected chi connectivity index (χ3v) is 3.24. The van der Waals surface area contributed by atoms with Crippen molar-refractivity contribution in [2.24, 2.45) is 5.41 Å². The Balaban J connectivity index is 2.24. The quantitative estimate of drug-likeness (QED) is 0.695. The van der Waals surface area contributed by atoms with E-state index in [9.17, 15) is 4.79 Å². The zero-order chi connectivity index (χ0) is 12.2. The Morgan fingerprint density at radius 3 is 2.88 bits per heavy atom. The predicted molar refractivity (Wildman–Crippen MR) is 64.2 cm³/mol. The van der Waals surface area contributed by atoms with Gasteiger partial charge in [-0.2, -0.15) is 5.10 Å². The lowest BCUT2D eigenvalue weighted by molar-refractivity contribution is 0.0909. The summed E-state index contributed by atoms with van der Waals surface area (Å²) in [5.74, 6) is 0.179. The number of ketones is 1. The van der Waals surface area contributed by atoms with Gasteiger partial charge in [0.05, 0.1) is 17.0 Å². The summed E-state index contributed by atoms with van der Waals surface area (Å²) in [5, 5.41) is 4.29. The van der Waals surface area contributed by atoms with E-state index in [0.717, 1.165) is 29.0 Å². The van der Waals surface area contributed by atoms with Crippen LogP contribution in [0.1, 0.15) is 42.0 Å². The molecule has 4 nitrogen and oxygen atoms in total. The monoisotopic (exact) mass is 229 g/mol. The van der Waals surface area contributed by atoms with Gasteiger partial charge >= 0.3 is 0 Å². The van der Waals surface area contributed by atoms with Gasteiger partial charge in [0.25, 0.3) is 0 Å². The van der Waals surface area contributed by atoms with E-state index in [2.05, 4.69) is 23.9 Å². The molecule has 0 bridgehead atoms. The van der Waals surface area contributed by atoms with E-state index < -0.39 is 0 Å². The first kappa shape index (κ1) is 10.4. The minimum Gasteiger partial charge on any atom is -0.294 e. The Labute approximate surface area is 99.7 Å². The smallest absolute Gasteiger partial charge is 0.166 e. The van der Waals surface area contributed by atoms with Crippen molar-refractivity contribution in [1.29, 1.82) is 0 Å². The average Bonchev–Trinajstić information content (AvgIpc) is 2.52. The largest absolute Gasteiger partial charge is 0.294 e. The zero-order valence-corrected chi connectivity index (χ0v) is 10.3.